The van der Waals surface area contributed by atoms with Crippen molar-refractivity contribution in [3.05, 3.63) is 24.3 Å². The van der Waals surface area contributed by atoms with E-state index in [4.69, 9.17) is 4.74 Å². The fourth-order valence-electron chi connectivity index (χ4n) is 2.22. The number of para-hydroxylation sites is 1. The molecule has 1 fully saturated rings. The maximum Gasteiger partial charge on any atom is 0.132 e. The van der Waals surface area contributed by atoms with E-state index in [1.54, 1.807) is 7.11 Å². The van der Waals surface area contributed by atoms with Gasteiger partial charge in [0.1, 0.15) is 5.75 Å². The number of ether oxygens (including phenoxy) is 1. The SMILES string of the molecule is COc1ccccc1SCCC1CCCCN1. The lowest BCUT2D eigenvalue weighted by molar-refractivity contribution is 0.394. The Kier molecular flexibility index (Phi) is 5.20. The highest BCUT2D eigenvalue weighted by Crippen LogP contribution is 2.29. The predicted octanol–water partition coefficient (Wildman–Crippen LogP) is 3.32. The average molecular weight is 251 g/mol. The lowest BCUT2D eigenvalue weighted by Gasteiger charge is -2.23. The van der Waals surface area contributed by atoms with Crippen LogP contribution in [0, 0.1) is 0 Å². The molecule has 3 heteroatoms. The van der Waals surface area contributed by atoms with Crippen LogP contribution in [0.15, 0.2) is 29.2 Å². The molecule has 0 aliphatic carbocycles. The maximum atomic E-state index is 5.35. The summed E-state index contributed by atoms with van der Waals surface area (Å²) in [5.74, 6) is 2.16. The second kappa shape index (κ2) is 6.92. The highest BCUT2D eigenvalue weighted by molar-refractivity contribution is 7.99. The van der Waals surface area contributed by atoms with Gasteiger partial charge in [0.15, 0.2) is 0 Å². The first kappa shape index (κ1) is 12.8. The minimum atomic E-state index is 0.728. The quantitative estimate of drug-likeness (QED) is 0.811. The Balaban J connectivity index is 1.77. The molecule has 94 valence electrons. The first-order valence-corrected chi connectivity index (χ1v) is 7.38. The van der Waals surface area contributed by atoms with E-state index < -0.39 is 0 Å². The lowest BCUT2D eigenvalue weighted by Crippen LogP contribution is -2.34. The summed E-state index contributed by atoms with van der Waals surface area (Å²) >= 11 is 1.90. The van der Waals surface area contributed by atoms with Crippen molar-refractivity contribution in [1.82, 2.24) is 5.32 Å². The van der Waals surface area contributed by atoms with Gasteiger partial charge in [-0.15, -0.1) is 11.8 Å². The fourth-order valence-corrected chi connectivity index (χ4v) is 3.31. The summed E-state index contributed by atoms with van der Waals surface area (Å²) in [7, 11) is 1.74. The van der Waals surface area contributed by atoms with Crippen molar-refractivity contribution in [2.75, 3.05) is 19.4 Å². The molecule has 0 bridgehead atoms. The van der Waals surface area contributed by atoms with Crippen LogP contribution in [0.2, 0.25) is 0 Å². The Morgan fingerprint density at radius 3 is 3.00 bits per heavy atom. The average Bonchev–Trinajstić information content (AvgIpc) is 2.40. The molecule has 1 aromatic carbocycles. The smallest absolute Gasteiger partial charge is 0.132 e. The normalized spacial score (nSPS) is 20.2. The van der Waals surface area contributed by atoms with E-state index in [0.29, 0.717) is 0 Å². The number of hydrogen-bond donors (Lipinski definition) is 1. The number of methoxy groups -OCH3 is 1. The van der Waals surface area contributed by atoms with Crippen LogP contribution in [0.5, 0.6) is 5.75 Å². The molecule has 0 radical (unpaired) electrons. The van der Waals surface area contributed by atoms with Crippen LogP contribution >= 0.6 is 11.8 Å². The van der Waals surface area contributed by atoms with Crippen LogP contribution in [0.1, 0.15) is 25.7 Å². The first-order valence-electron chi connectivity index (χ1n) is 6.39. The third-order valence-electron chi connectivity index (χ3n) is 3.21. The highest BCUT2D eigenvalue weighted by Gasteiger charge is 2.12. The molecule has 1 aliphatic rings. The first-order chi connectivity index (χ1) is 8.40. The molecule has 1 atom stereocenters. The third-order valence-corrected chi connectivity index (χ3v) is 4.29. The fraction of sp³-hybridized carbons (Fsp3) is 0.571. The summed E-state index contributed by atoms with van der Waals surface area (Å²) in [6.45, 7) is 1.20. The number of benzene rings is 1. The molecule has 0 spiro atoms. The molecule has 1 unspecified atom stereocenters. The van der Waals surface area contributed by atoms with Crippen molar-refractivity contribution >= 4 is 11.8 Å². The molecular weight excluding hydrogens is 230 g/mol. The van der Waals surface area contributed by atoms with Crippen LogP contribution in [-0.4, -0.2) is 25.4 Å². The van der Waals surface area contributed by atoms with E-state index in [-0.39, 0.29) is 0 Å². The van der Waals surface area contributed by atoms with Crippen molar-refractivity contribution in [1.29, 1.82) is 0 Å². The van der Waals surface area contributed by atoms with E-state index in [9.17, 15) is 0 Å². The Labute approximate surface area is 108 Å². The minimum absolute atomic E-state index is 0.728. The minimum Gasteiger partial charge on any atom is -0.496 e. The standard InChI is InChI=1S/C14H21NOS/c1-16-13-7-2-3-8-14(13)17-11-9-12-6-4-5-10-15-12/h2-3,7-8,12,15H,4-6,9-11H2,1H3. The summed E-state index contributed by atoms with van der Waals surface area (Å²) in [5, 5.41) is 3.59. The summed E-state index contributed by atoms with van der Waals surface area (Å²) in [4.78, 5) is 1.26. The van der Waals surface area contributed by atoms with E-state index in [0.717, 1.165) is 17.5 Å². The van der Waals surface area contributed by atoms with Gasteiger partial charge in [-0.05, 0) is 43.7 Å². The Hall–Kier alpha value is -0.670. The second-order valence-electron chi connectivity index (χ2n) is 4.43. The van der Waals surface area contributed by atoms with Gasteiger partial charge < -0.3 is 10.1 Å². The van der Waals surface area contributed by atoms with Crippen molar-refractivity contribution in [2.45, 2.75) is 36.6 Å². The molecule has 2 nitrogen and oxygen atoms in total. The molecule has 1 aliphatic heterocycles. The van der Waals surface area contributed by atoms with Crippen molar-refractivity contribution in [2.24, 2.45) is 0 Å². The van der Waals surface area contributed by atoms with Crippen molar-refractivity contribution in [3.8, 4) is 5.75 Å². The van der Waals surface area contributed by atoms with Gasteiger partial charge in [0, 0.05) is 10.9 Å². The molecule has 2 rings (SSSR count). The van der Waals surface area contributed by atoms with Crippen LogP contribution in [0.3, 0.4) is 0 Å². The summed E-state index contributed by atoms with van der Waals surface area (Å²) < 4.78 is 5.35. The van der Waals surface area contributed by atoms with Crippen molar-refractivity contribution in [3.63, 3.8) is 0 Å². The number of piperidine rings is 1. The largest absolute Gasteiger partial charge is 0.496 e. The molecule has 1 N–H and O–H groups in total. The molecule has 0 amide bonds. The van der Waals surface area contributed by atoms with Gasteiger partial charge in [-0.1, -0.05) is 18.6 Å². The van der Waals surface area contributed by atoms with Crippen LogP contribution in [-0.2, 0) is 0 Å². The summed E-state index contributed by atoms with van der Waals surface area (Å²) in [6, 6.07) is 8.99. The number of hydrogen-bond acceptors (Lipinski definition) is 3. The Bertz CT molecular complexity index is 337. The zero-order valence-electron chi connectivity index (χ0n) is 10.4. The van der Waals surface area contributed by atoms with Gasteiger partial charge in [0.2, 0.25) is 0 Å². The van der Waals surface area contributed by atoms with Crippen LogP contribution in [0.25, 0.3) is 0 Å². The number of nitrogens with one attached hydrogen (secondary N) is 1. The molecule has 1 aromatic rings. The molecule has 17 heavy (non-hydrogen) atoms. The molecule has 0 aromatic heterocycles. The molecule has 1 saturated heterocycles. The molecular formula is C14H21NOS. The monoisotopic (exact) mass is 251 g/mol. The lowest BCUT2D eigenvalue weighted by atomic mass is 10.0. The third kappa shape index (κ3) is 3.93. The van der Waals surface area contributed by atoms with E-state index in [1.807, 2.05) is 23.9 Å². The van der Waals surface area contributed by atoms with E-state index in [1.165, 1.54) is 37.1 Å². The van der Waals surface area contributed by atoms with Crippen LogP contribution < -0.4 is 10.1 Å². The topological polar surface area (TPSA) is 21.3 Å². The van der Waals surface area contributed by atoms with Crippen molar-refractivity contribution < 1.29 is 4.74 Å². The summed E-state index contributed by atoms with van der Waals surface area (Å²) in [6.07, 6.45) is 5.32. The van der Waals surface area contributed by atoms with Crippen LogP contribution in [0.4, 0.5) is 0 Å². The molecule has 0 saturated carbocycles. The van der Waals surface area contributed by atoms with Gasteiger partial charge >= 0.3 is 0 Å². The Morgan fingerprint density at radius 2 is 2.24 bits per heavy atom. The summed E-state index contributed by atoms with van der Waals surface area (Å²) in [5.41, 5.74) is 0. The van der Waals surface area contributed by atoms with Gasteiger partial charge in [-0.25, -0.2) is 0 Å². The highest BCUT2D eigenvalue weighted by atomic mass is 32.2. The van der Waals surface area contributed by atoms with E-state index in [2.05, 4.69) is 17.4 Å². The predicted molar refractivity (Wildman–Crippen MR) is 74.0 cm³/mol. The number of thioether (sulfide) groups is 1. The van der Waals surface area contributed by atoms with Gasteiger partial charge in [0.05, 0.1) is 7.11 Å². The van der Waals surface area contributed by atoms with Gasteiger partial charge in [-0.3, -0.25) is 0 Å². The molecule has 1 heterocycles. The second-order valence-corrected chi connectivity index (χ2v) is 5.57. The van der Waals surface area contributed by atoms with Gasteiger partial charge in [0.25, 0.3) is 0 Å². The zero-order chi connectivity index (χ0) is 11.9. The Morgan fingerprint density at radius 1 is 1.35 bits per heavy atom. The maximum absolute atomic E-state index is 5.35. The van der Waals surface area contributed by atoms with Gasteiger partial charge in [-0.2, -0.15) is 0 Å². The number of rotatable bonds is 5. The van der Waals surface area contributed by atoms with E-state index >= 15 is 0 Å². The zero-order valence-corrected chi connectivity index (χ0v) is 11.3.